The highest BCUT2D eigenvalue weighted by atomic mass is 16.6. The molecule has 0 radical (unpaired) electrons. The number of methoxy groups -OCH3 is 1. The second-order valence-corrected chi connectivity index (χ2v) is 6.65. The summed E-state index contributed by atoms with van der Waals surface area (Å²) in [6.07, 6.45) is 0.420. The summed E-state index contributed by atoms with van der Waals surface area (Å²) >= 11 is 0. The molecule has 1 aromatic carbocycles. The third kappa shape index (κ3) is 3.08. The maximum Gasteiger partial charge on any atom is 0.410 e. The summed E-state index contributed by atoms with van der Waals surface area (Å²) in [5.74, 6) is -0.961. The summed E-state index contributed by atoms with van der Waals surface area (Å²) in [5.41, 5.74) is 0.0825. The lowest BCUT2D eigenvalue weighted by molar-refractivity contribution is -0.150. The van der Waals surface area contributed by atoms with E-state index < -0.39 is 35.7 Å². The van der Waals surface area contributed by atoms with Crippen LogP contribution in [0.3, 0.4) is 0 Å². The number of carbonyl (C=O) groups is 2. The van der Waals surface area contributed by atoms with Gasteiger partial charge in [-0.2, -0.15) is 0 Å². The predicted molar refractivity (Wildman–Crippen MR) is 91.8 cm³/mol. The molecule has 0 spiro atoms. The van der Waals surface area contributed by atoms with Gasteiger partial charge >= 0.3 is 12.1 Å². The van der Waals surface area contributed by atoms with Gasteiger partial charge < -0.3 is 19.3 Å². The topological polar surface area (TPSA) is 85.3 Å². The quantitative estimate of drug-likeness (QED) is 0.635. The number of aliphatic hydroxyl groups excluding tert-OH is 1. The van der Waals surface area contributed by atoms with Gasteiger partial charge in [-0.15, -0.1) is 6.58 Å². The first-order valence-electron chi connectivity index (χ1n) is 8.49. The van der Waals surface area contributed by atoms with Crippen LogP contribution in [0.5, 0.6) is 0 Å². The van der Waals surface area contributed by atoms with E-state index in [1.807, 2.05) is 30.3 Å². The van der Waals surface area contributed by atoms with Crippen molar-refractivity contribution in [1.82, 2.24) is 4.90 Å². The van der Waals surface area contributed by atoms with Crippen molar-refractivity contribution < 1.29 is 28.9 Å². The minimum absolute atomic E-state index is 0.0994. The zero-order chi connectivity index (χ0) is 18.7. The van der Waals surface area contributed by atoms with E-state index in [2.05, 4.69) is 6.58 Å². The fraction of sp³-hybridized carbons (Fsp3) is 0.474. The summed E-state index contributed by atoms with van der Waals surface area (Å²) in [6.45, 7) is 4.15. The minimum atomic E-state index is -1.05. The van der Waals surface area contributed by atoms with E-state index in [1.165, 1.54) is 12.0 Å². The highest BCUT2D eigenvalue weighted by Gasteiger charge is 2.64. The van der Waals surface area contributed by atoms with Crippen LogP contribution in [0.2, 0.25) is 0 Å². The van der Waals surface area contributed by atoms with Crippen LogP contribution in [0.1, 0.15) is 12.0 Å². The Morgan fingerprint density at radius 1 is 1.42 bits per heavy atom. The number of rotatable bonds is 5. The van der Waals surface area contributed by atoms with Crippen LogP contribution >= 0.6 is 0 Å². The second-order valence-electron chi connectivity index (χ2n) is 6.65. The van der Waals surface area contributed by atoms with Gasteiger partial charge in [0.15, 0.2) is 6.29 Å². The molecule has 4 atom stereocenters. The van der Waals surface area contributed by atoms with Crippen LogP contribution < -0.4 is 0 Å². The lowest BCUT2D eigenvalue weighted by atomic mass is 9.72. The SMILES string of the molecule is C=CC[C@]12CO[C@H](O)[C@@H]1CN(C(=O)OCc1ccccc1)[C@@H]2C(=O)OC. The number of allylic oxidation sites excluding steroid dienone is 1. The summed E-state index contributed by atoms with van der Waals surface area (Å²) < 4.78 is 15.7. The molecule has 0 bridgehead atoms. The number of esters is 1. The molecule has 26 heavy (non-hydrogen) atoms. The maximum absolute atomic E-state index is 12.7. The molecule has 7 nitrogen and oxygen atoms in total. The Balaban J connectivity index is 1.82. The summed E-state index contributed by atoms with van der Waals surface area (Å²) in [7, 11) is 1.27. The molecule has 140 valence electrons. The largest absolute Gasteiger partial charge is 0.467 e. The number of hydrogen-bond donors (Lipinski definition) is 1. The van der Waals surface area contributed by atoms with Crippen LogP contribution in [0.15, 0.2) is 43.0 Å². The van der Waals surface area contributed by atoms with Crippen LogP contribution in [-0.2, 0) is 25.6 Å². The smallest absolute Gasteiger partial charge is 0.410 e. The zero-order valence-corrected chi connectivity index (χ0v) is 14.7. The zero-order valence-electron chi connectivity index (χ0n) is 14.7. The molecule has 0 aliphatic carbocycles. The molecule has 0 aromatic heterocycles. The average Bonchev–Trinajstić information content (AvgIpc) is 3.15. The number of hydrogen-bond acceptors (Lipinski definition) is 6. The standard InChI is InChI=1S/C19H23NO6/c1-3-9-19-12-26-16(21)14(19)10-20(15(19)17(22)24-2)18(23)25-11-13-7-5-4-6-8-13/h3-8,14-16,21H,1,9-12H2,2H3/t14-,15+,16-,19-/m0/s1. The average molecular weight is 361 g/mol. The molecule has 1 N–H and O–H groups in total. The molecule has 7 heteroatoms. The van der Waals surface area contributed by atoms with Crippen LogP contribution in [0, 0.1) is 11.3 Å². The number of likely N-dealkylation sites (tertiary alicyclic amines) is 1. The van der Waals surface area contributed by atoms with Crippen molar-refractivity contribution in [3.05, 3.63) is 48.6 Å². The molecule has 0 unspecified atom stereocenters. The van der Waals surface area contributed by atoms with E-state index in [9.17, 15) is 14.7 Å². The Hall–Kier alpha value is -2.38. The van der Waals surface area contributed by atoms with Gasteiger partial charge in [0, 0.05) is 17.9 Å². The van der Waals surface area contributed by atoms with E-state index in [1.54, 1.807) is 6.08 Å². The van der Waals surface area contributed by atoms with Crippen molar-refractivity contribution >= 4 is 12.1 Å². The van der Waals surface area contributed by atoms with Crippen LogP contribution in [0.25, 0.3) is 0 Å². The molecule has 3 rings (SSSR count). The summed E-state index contributed by atoms with van der Waals surface area (Å²) in [5, 5.41) is 10.2. The van der Waals surface area contributed by atoms with Crippen molar-refractivity contribution in [2.75, 3.05) is 20.3 Å². The van der Waals surface area contributed by atoms with E-state index in [0.29, 0.717) is 6.42 Å². The van der Waals surface area contributed by atoms with Crippen LogP contribution in [-0.4, -0.2) is 54.7 Å². The highest BCUT2D eigenvalue weighted by molar-refractivity contribution is 5.83. The van der Waals surface area contributed by atoms with Crippen molar-refractivity contribution in [3.63, 3.8) is 0 Å². The van der Waals surface area contributed by atoms with E-state index in [0.717, 1.165) is 5.56 Å². The van der Waals surface area contributed by atoms with Crippen molar-refractivity contribution in [2.24, 2.45) is 11.3 Å². The number of benzene rings is 1. The van der Waals surface area contributed by atoms with Crippen molar-refractivity contribution in [3.8, 4) is 0 Å². The summed E-state index contributed by atoms with van der Waals surface area (Å²) in [4.78, 5) is 26.5. The number of ether oxygens (including phenoxy) is 3. The Morgan fingerprint density at radius 2 is 2.15 bits per heavy atom. The Labute approximate surface area is 152 Å². The predicted octanol–water partition coefficient (Wildman–Crippen LogP) is 1.71. The summed E-state index contributed by atoms with van der Waals surface area (Å²) in [6, 6.07) is 8.39. The Kier molecular flexibility index (Phi) is 5.29. The van der Waals surface area contributed by atoms with Gasteiger partial charge in [-0.25, -0.2) is 9.59 Å². The van der Waals surface area contributed by atoms with Crippen molar-refractivity contribution in [2.45, 2.75) is 25.4 Å². The van der Waals surface area contributed by atoms with E-state index in [-0.39, 0.29) is 19.8 Å². The number of fused-ring (bicyclic) bond motifs is 1. The molecular weight excluding hydrogens is 338 g/mol. The maximum atomic E-state index is 12.7. The van der Waals surface area contributed by atoms with Gasteiger partial charge in [0.25, 0.3) is 0 Å². The van der Waals surface area contributed by atoms with Gasteiger partial charge in [-0.1, -0.05) is 36.4 Å². The lowest BCUT2D eigenvalue weighted by Crippen LogP contribution is -2.50. The van der Waals surface area contributed by atoms with Crippen LogP contribution in [0.4, 0.5) is 4.79 Å². The van der Waals surface area contributed by atoms with E-state index in [4.69, 9.17) is 14.2 Å². The minimum Gasteiger partial charge on any atom is -0.467 e. The number of nitrogens with zero attached hydrogens (tertiary/aromatic N) is 1. The van der Waals surface area contributed by atoms with Crippen molar-refractivity contribution in [1.29, 1.82) is 0 Å². The normalized spacial score (nSPS) is 29.9. The van der Waals surface area contributed by atoms with E-state index >= 15 is 0 Å². The molecule has 2 saturated heterocycles. The third-order valence-electron chi connectivity index (χ3n) is 5.24. The number of carbonyl (C=O) groups excluding carboxylic acids is 2. The molecule has 1 aromatic rings. The first-order chi connectivity index (χ1) is 12.5. The highest BCUT2D eigenvalue weighted by Crippen LogP contribution is 2.51. The molecule has 2 aliphatic heterocycles. The molecule has 2 aliphatic rings. The fourth-order valence-corrected chi connectivity index (χ4v) is 3.98. The second kappa shape index (κ2) is 7.47. The van der Waals surface area contributed by atoms with Gasteiger partial charge in [0.05, 0.1) is 13.7 Å². The molecule has 0 saturated carbocycles. The van der Waals surface area contributed by atoms with Gasteiger partial charge in [0.1, 0.15) is 12.6 Å². The van der Waals surface area contributed by atoms with Gasteiger partial charge in [0.2, 0.25) is 0 Å². The first kappa shape index (κ1) is 18.4. The number of amides is 1. The molecule has 2 heterocycles. The Bertz CT molecular complexity index is 678. The monoisotopic (exact) mass is 361 g/mol. The first-order valence-corrected chi connectivity index (χ1v) is 8.49. The molecule has 1 amide bonds. The van der Waals surface area contributed by atoms with Gasteiger partial charge in [-0.3, -0.25) is 4.90 Å². The van der Waals surface area contributed by atoms with Gasteiger partial charge in [-0.05, 0) is 12.0 Å². The fourth-order valence-electron chi connectivity index (χ4n) is 3.98. The lowest BCUT2D eigenvalue weighted by Gasteiger charge is -2.33. The third-order valence-corrected chi connectivity index (χ3v) is 5.24. The Morgan fingerprint density at radius 3 is 2.81 bits per heavy atom. The number of aliphatic hydroxyl groups is 1. The molecule has 2 fully saturated rings. The molecular formula is C19H23NO6.